The maximum absolute atomic E-state index is 10.8. The first-order valence-corrected chi connectivity index (χ1v) is 5.56. The molecule has 1 fully saturated rings. The first-order chi connectivity index (χ1) is 8.20. The van der Waals surface area contributed by atoms with E-state index in [0.29, 0.717) is 18.4 Å². The lowest BCUT2D eigenvalue weighted by Crippen LogP contribution is -2.21. The monoisotopic (exact) mass is 237 g/mol. The summed E-state index contributed by atoms with van der Waals surface area (Å²) in [7, 11) is 0. The molecular weight excluding hydrogens is 222 g/mol. The number of hydrazine groups is 1. The fourth-order valence-electron chi connectivity index (χ4n) is 1.69. The van der Waals surface area contributed by atoms with Crippen molar-refractivity contribution >= 4 is 11.4 Å². The van der Waals surface area contributed by atoms with Gasteiger partial charge < -0.3 is 10.2 Å². The molecule has 0 spiro atoms. The zero-order valence-corrected chi connectivity index (χ0v) is 9.39. The molecule has 0 radical (unpaired) electrons. The maximum Gasteiger partial charge on any atom is 0.294 e. The molecule has 0 bridgehead atoms. The highest BCUT2D eigenvalue weighted by Gasteiger charge is 2.19. The van der Waals surface area contributed by atoms with E-state index in [1.54, 1.807) is 12.1 Å². The Balaban J connectivity index is 2.06. The van der Waals surface area contributed by atoms with Crippen LogP contribution in [0.2, 0.25) is 0 Å². The van der Waals surface area contributed by atoms with Crippen molar-refractivity contribution in [1.82, 2.24) is 0 Å². The Bertz CT molecular complexity index is 418. The first kappa shape index (κ1) is 11.8. The van der Waals surface area contributed by atoms with E-state index in [9.17, 15) is 10.1 Å². The van der Waals surface area contributed by atoms with Crippen LogP contribution in [0, 0.1) is 10.1 Å². The van der Waals surface area contributed by atoms with Gasteiger partial charge in [-0.3, -0.25) is 16.0 Å². The molecule has 0 aromatic heterocycles. The molecular formula is C11H15N3O3. The summed E-state index contributed by atoms with van der Waals surface area (Å²) in [5.74, 6) is 5.21. The molecule has 92 valence electrons. The molecule has 6 heteroatoms. The number of hydrogen-bond acceptors (Lipinski definition) is 5. The lowest BCUT2D eigenvalue weighted by molar-refractivity contribution is -0.384. The van der Waals surface area contributed by atoms with Crippen molar-refractivity contribution in [3.05, 3.63) is 33.9 Å². The molecule has 2 rings (SSSR count). The summed E-state index contributed by atoms with van der Waals surface area (Å²) in [6.07, 6.45) is 3.71. The van der Waals surface area contributed by atoms with Gasteiger partial charge in [-0.05, 0) is 30.9 Å². The number of hydrogen-bond donors (Lipinski definition) is 2. The predicted molar refractivity (Wildman–Crippen MR) is 63.3 cm³/mol. The second-order valence-corrected chi connectivity index (χ2v) is 4.12. The molecule has 1 aromatic carbocycles. The average molecular weight is 237 g/mol. The van der Waals surface area contributed by atoms with Crippen molar-refractivity contribution < 1.29 is 9.66 Å². The van der Waals surface area contributed by atoms with Crippen LogP contribution in [0.15, 0.2) is 18.2 Å². The summed E-state index contributed by atoms with van der Waals surface area (Å²) in [4.78, 5) is 10.4. The van der Waals surface area contributed by atoms with Crippen LogP contribution in [-0.2, 0) is 11.3 Å². The average Bonchev–Trinajstić information content (AvgIpc) is 2.26. The summed E-state index contributed by atoms with van der Waals surface area (Å²) < 4.78 is 5.60. The van der Waals surface area contributed by atoms with Gasteiger partial charge in [0.15, 0.2) is 0 Å². The molecule has 0 saturated heterocycles. The van der Waals surface area contributed by atoms with Gasteiger partial charge in [-0.15, -0.1) is 0 Å². The van der Waals surface area contributed by atoms with E-state index >= 15 is 0 Å². The van der Waals surface area contributed by atoms with Crippen LogP contribution in [-0.4, -0.2) is 11.0 Å². The molecule has 17 heavy (non-hydrogen) atoms. The molecule has 0 amide bonds. The lowest BCUT2D eigenvalue weighted by Gasteiger charge is -2.25. The van der Waals surface area contributed by atoms with Crippen molar-refractivity contribution in [2.75, 3.05) is 5.43 Å². The number of nitrogens with two attached hydrogens (primary N) is 1. The fourth-order valence-corrected chi connectivity index (χ4v) is 1.69. The van der Waals surface area contributed by atoms with Gasteiger partial charge in [-0.1, -0.05) is 6.07 Å². The Hall–Kier alpha value is -1.66. The zero-order valence-electron chi connectivity index (χ0n) is 9.39. The Morgan fingerprint density at radius 3 is 2.82 bits per heavy atom. The molecule has 0 atom stereocenters. The lowest BCUT2D eigenvalue weighted by atomic mass is 9.96. The summed E-state index contributed by atoms with van der Waals surface area (Å²) >= 11 is 0. The molecule has 1 aliphatic rings. The second kappa shape index (κ2) is 5.11. The molecule has 0 aliphatic heterocycles. The number of nitrogens with zero attached hydrogens (tertiary/aromatic N) is 1. The fraction of sp³-hybridized carbons (Fsp3) is 0.455. The van der Waals surface area contributed by atoms with Gasteiger partial charge in [0.05, 0.1) is 17.6 Å². The quantitative estimate of drug-likeness (QED) is 0.464. The van der Waals surface area contributed by atoms with Gasteiger partial charge in [0.2, 0.25) is 0 Å². The second-order valence-electron chi connectivity index (χ2n) is 4.12. The number of benzene rings is 1. The van der Waals surface area contributed by atoms with Crippen molar-refractivity contribution in [3.8, 4) is 0 Å². The number of nitrogen functional groups attached to an aromatic ring is 1. The van der Waals surface area contributed by atoms with Gasteiger partial charge in [-0.2, -0.15) is 0 Å². The Labute approximate surface area is 98.9 Å². The van der Waals surface area contributed by atoms with Gasteiger partial charge in [0.25, 0.3) is 5.69 Å². The van der Waals surface area contributed by atoms with Crippen molar-refractivity contribution in [3.63, 3.8) is 0 Å². The SMILES string of the molecule is NNc1ccc(COC2CCC2)cc1[N+](=O)[O-]. The van der Waals surface area contributed by atoms with Crippen molar-refractivity contribution in [1.29, 1.82) is 0 Å². The standard InChI is InChI=1S/C11H15N3O3/c12-13-10-5-4-8(6-11(10)14(15)16)7-17-9-2-1-3-9/h4-6,9,13H,1-3,7,12H2. The topological polar surface area (TPSA) is 90.4 Å². The zero-order chi connectivity index (χ0) is 12.3. The minimum atomic E-state index is -0.456. The minimum Gasteiger partial charge on any atom is -0.374 e. The maximum atomic E-state index is 10.8. The summed E-state index contributed by atoms with van der Waals surface area (Å²) in [5.41, 5.74) is 3.38. The minimum absolute atomic E-state index is 0.0257. The normalized spacial score (nSPS) is 15.4. The highest BCUT2D eigenvalue weighted by Crippen LogP contribution is 2.27. The van der Waals surface area contributed by atoms with E-state index in [0.717, 1.165) is 18.4 Å². The number of nitro groups is 1. The van der Waals surface area contributed by atoms with Crippen molar-refractivity contribution in [2.24, 2.45) is 5.84 Å². The largest absolute Gasteiger partial charge is 0.374 e. The first-order valence-electron chi connectivity index (χ1n) is 5.56. The predicted octanol–water partition coefficient (Wildman–Crippen LogP) is 1.95. The highest BCUT2D eigenvalue weighted by molar-refractivity contribution is 5.61. The Morgan fingerprint density at radius 2 is 2.29 bits per heavy atom. The molecule has 0 heterocycles. The van der Waals surface area contributed by atoms with E-state index in [-0.39, 0.29) is 5.69 Å². The van der Waals surface area contributed by atoms with Crippen LogP contribution >= 0.6 is 0 Å². The molecule has 1 aromatic rings. The van der Waals surface area contributed by atoms with Crippen LogP contribution < -0.4 is 11.3 Å². The van der Waals surface area contributed by atoms with E-state index in [1.807, 2.05) is 0 Å². The van der Waals surface area contributed by atoms with Crippen LogP contribution in [0.1, 0.15) is 24.8 Å². The molecule has 0 unspecified atom stereocenters. The number of rotatable bonds is 5. The van der Waals surface area contributed by atoms with Crippen LogP contribution in [0.4, 0.5) is 11.4 Å². The molecule has 3 N–H and O–H groups in total. The summed E-state index contributed by atoms with van der Waals surface area (Å²) in [6.45, 7) is 0.413. The number of nitrogens with one attached hydrogen (secondary N) is 1. The number of nitro benzene ring substituents is 1. The number of anilines is 1. The van der Waals surface area contributed by atoms with E-state index in [2.05, 4.69) is 5.43 Å². The smallest absolute Gasteiger partial charge is 0.294 e. The third kappa shape index (κ3) is 2.72. The summed E-state index contributed by atoms with van der Waals surface area (Å²) in [6, 6.07) is 4.87. The Kier molecular flexibility index (Phi) is 3.55. The molecule has 6 nitrogen and oxygen atoms in total. The third-order valence-corrected chi connectivity index (χ3v) is 2.95. The van der Waals surface area contributed by atoms with Gasteiger partial charge in [0, 0.05) is 6.07 Å². The van der Waals surface area contributed by atoms with Crippen LogP contribution in [0.25, 0.3) is 0 Å². The van der Waals surface area contributed by atoms with E-state index in [4.69, 9.17) is 10.6 Å². The van der Waals surface area contributed by atoms with E-state index in [1.165, 1.54) is 12.5 Å². The third-order valence-electron chi connectivity index (χ3n) is 2.95. The number of ether oxygens (including phenoxy) is 1. The van der Waals surface area contributed by atoms with Gasteiger partial charge in [0.1, 0.15) is 5.69 Å². The van der Waals surface area contributed by atoms with Crippen LogP contribution in [0.3, 0.4) is 0 Å². The highest BCUT2D eigenvalue weighted by atomic mass is 16.6. The Morgan fingerprint density at radius 1 is 1.53 bits per heavy atom. The van der Waals surface area contributed by atoms with Crippen molar-refractivity contribution in [2.45, 2.75) is 32.0 Å². The van der Waals surface area contributed by atoms with E-state index < -0.39 is 4.92 Å². The molecule has 1 saturated carbocycles. The van der Waals surface area contributed by atoms with Gasteiger partial charge >= 0.3 is 0 Å². The van der Waals surface area contributed by atoms with Gasteiger partial charge in [-0.25, -0.2) is 0 Å². The molecule has 1 aliphatic carbocycles. The van der Waals surface area contributed by atoms with Crippen LogP contribution in [0.5, 0.6) is 0 Å². The summed E-state index contributed by atoms with van der Waals surface area (Å²) in [5, 5.41) is 10.8.